The molecule has 27 heavy (non-hydrogen) atoms. The Kier molecular flexibility index (Phi) is 7.57. The maximum atomic E-state index is 12.4. The fourth-order valence-electron chi connectivity index (χ4n) is 4.49. The molecule has 1 saturated heterocycles. The van der Waals surface area contributed by atoms with Gasteiger partial charge in [0.25, 0.3) is 5.91 Å². The van der Waals surface area contributed by atoms with Crippen molar-refractivity contribution < 1.29 is 9.53 Å². The number of fused-ring (bicyclic) bond motifs is 1. The average Bonchev–Trinajstić information content (AvgIpc) is 2.71. The molecule has 0 unspecified atom stereocenters. The van der Waals surface area contributed by atoms with Crippen molar-refractivity contribution in [2.24, 2.45) is 0 Å². The van der Waals surface area contributed by atoms with Crippen molar-refractivity contribution in [3.8, 4) is 5.75 Å². The predicted molar refractivity (Wildman–Crippen MR) is 110 cm³/mol. The molecule has 0 radical (unpaired) electrons. The number of hydrogen-bond donors (Lipinski definition) is 1. The Morgan fingerprint density at radius 1 is 1.22 bits per heavy atom. The lowest BCUT2D eigenvalue weighted by Crippen LogP contribution is -2.41. The van der Waals surface area contributed by atoms with Crippen LogP contribution in [0.2, 0.25) is 0 Å². The Balaban J connectivity index is 1.39. The molecule has 2 atom stereocenters. The molecule has 150 valence electrons. The van der Waals surface area contributed by atoms with Crippen molar-refractivity contribution in [3.05, 3.63) is 29.3 Å². The zero-order valence-corrected chi connectivity index (χ0v) is 17.1. The van der Waals surface area contributed by atoms with Gasteiger partial charge in [0.15, 0.2) is 6.10 Å². The normalized spacial score (nSPS) is 21.3. The van der Waals surface area contributed by atoms with Crippen molar-refractivity contribution in [1.82, 2.24) is 10.2 Å². The second-order valence-corrected chi connectivity index (χ2v) is 8.14. The van der Waals surface area contributed by atoms with E-state index in [0.29, 0.717) is 0 Å². The van der Waals surface area contributed by atoms with Gasteiger partial charge in [-0.05, 0) is 88.1 Å². The quantitative estimate of drug-likeness (QED) is 0.699. The molecule has 1 fully saturated rings. The third kappa shape index (κ3) is 5.71. The largest absolute Gasteiger partial charge is 0.481 e. The van der Waals surface area contributed by atoms with Crippen molar-refractivity contribution >= 4 is 5.91 Å². The summed E-state index contributed by atoms with van der Waals surface area (Å²) in [6.07, 6.45) is 10.6. The third-order valence-electron chi connectivity index (χ3n) is 6.14. The van der Waals surface area contributed by atoms with Gasteiger partial charge in [-0.2, -0.15) is 0 Å². The van der Waals surface area contributed by atoms with Gasteiger partial charge < -0.3 is 15.0 Å². The first-order valence-electron chi connectivity index (χ1n) is 11.0. The van der Waals surface area contributed by atoms with Crippen LogP contribution in [-0.2, 0) is 17.6 Å². The summed E-state index contributed by atoms with van der Waals surface area (Å²) in [6, 6.07) is 7.03. The zero-order chi connectivity index (χ0) is 19.1. The molecule has 1 N–H and O–H groups in total. The summed E-state index contributed by atoms with van der Waals surface area (Å²) >= 11 is 0. The van der Waals surface area contributed by atoms with Crippen LogP contribution in [0.4, 0.5) is 0 Å². The topological polar surface area (TPSA) is 41.6 Å². The highest BCUT2D eigenvalue weighted by Gasteiger charge is 2.20. The van der Waals surface area contributed by atoms with Gasteiger partial charge in [0.05, 0.1) is 0 Å². The summed E-state index contributed by atoms with van der Waals surface area (Å²) in [7, 11) is 0. The molecule has 4 heteroatoms. The van der Waals surface area contributed by atoms with E-state index < -0.39 is 6.10 Å². The Morgan fingerprint density at radius 2 is 2.04 bits per heavy atom. The highest BCUT2D eigenvalue weighted by molar-refractivity contribution is 5.80. The van der Waals surface area contributed by atoms with Gasteiger partial charge in [-0.25, -0.2) is 0 Å². The van der Waals surface area contributed by atoms with Crippen LogP contribution in [0.3, 0.4) is 0 Å². The van der Waals surface area contributed by atoms with Crippen molar-refractivity contribution in [2.45, 2.75) is 83.8 Å². The number of carbonyl (C=O) groups is 1. The number of nitrogens with zero attached hydrogens (tertiary/aromatic N) is 1. The van der Waals surface area contributed by atoms with Crippen molar-refractivity contribution in [3.63, 3.8) is 0 Å². The van der Waals surface area contributed by atoms with Crippen molar-refractivity contribution in [1.29, 1.82) is 0 Å². The molecule has 1 aromatic carbocycles. The minimum absolute atomic E-state index is 0.0154. The van der Waals surface area contributed by atoms with Crippen LogP contribution >= 0.6 is 0 Å². The molecule has 1 amide bonds. The summed E-state index contributed by atoms with van der Waals surface area (Å²) in [6.45, 7) is 7.14. The van der Waals surface area contributed by atoms with E-state index in [9.17, 15) is 4.79 Å². The van der Waals surface area contributed by atoms with Crippen molar-refractivity contribution in [2.75, 3.05) is 19.6 Å². The molecule has 0 spiro atoms. The molecule has 0 saturated carbocycles. The summed E-state index contributed by atoms with van der Waals surface area (Å²) in [5, 5.41) is 3.05. The van der Waals surface area contributed by atoms with E-state index >= 15 is 0 Å². The summed E-state index contributed by atoms with van der Waals surface area (Å²) in [4.78, 5) is 15.0. The van der Waals surface area contributed by atoms with E-state index in [1.165, 1.54) is 62.6 Å². The molecular formula is C23H36N2O2. The fourth-order valence-corrected chi connectivity index (χ4v) is 4.49. The number of rotatable bonds is 8. The maximum absolute atomic E-state index is 12.4. The number of ether oxygens (including phenoxy) is 1. The minimum Gasteiger partial charge on any atom is -0.481 e. The predicted octanol–water partition coefficient (Wildman–Crippen LogP) is 4.10. The van der Waals surface area contributed by atoms with E-state index in [1.807, 2.05) is 13.0 Å². The lowest BCUT2D eigenvalue weighted by Gasteiger charge is -2.35. The number of aryl methyl sites for hydroxylation is 2. The second kappa shape index (κ2) is 10.1. The second-order valence-electron chi connectivity index (χ2n) is 8.14. The smallest absolute Gasteiger partial charge is 0.260 e. The lowest BCUT2D eigenvalue weighted by molar-refractivity contribution is -0.127. The van der Waals surface area contributed by atoms with Crippen LogP contribution in [0, 0.1) is 0 Å². The van der Waals surface area contributed by atoms with E-state index in [-0.39, 0.29) is 5.91 Å². The number of amides is 1. The highest BCUT2D eigenvalue weighted by atomic mass is 16.5. The van der Waals surface area contributed by atoms with Crippen LogP contribution in [0.15, 0.2) is 18.2 Å². The molecule has 1 aromatic rings. The lowest BCUT2D eigenvalue weighted by atomic mass is 9.92. The first kappa shape index (κ1) is 20.2. The van der Waals surface area contributed by atoms with Crippen LogP contribution in [0.5, 0.6) is 5.75 Å². The van der Waals surface area contributed by atoms with Gasteiger partial charge in [-0.15, -0.1) is 0 Å². The molecular weight excluding hydrogens is 336 g/mol. The van der Waals surface area contributed by atoms with Gasteiger partial charge in [0, 0.05) is 19.1 Å². The molecule has 0 bridgehead atoms. The van der Waals surface area contributed by atoms with E-state index in [1.54, 1.807) is 0 Å². The average molecular weight is 373 g/mol. The first-order valence-corrected chi connectivity index (χ1v) is 11.0. The number of piperidine rings is 1. The van der Waals surface area contributed by atoms with Crippen LogP contribution < -0.4 is 10.1 Å². The highest BCUT2D eigenvalue weighted by Crippen LogP contribution is 2.26. The Morgan fingerprint density at radius 3 is 2.85 bits per heavy atom. The van der Waals surface area contributed by atoms with E-state index in [4.69, 9.17) is 4.74 Å². The minimum atomic E-state index is -0.454. The number of hydrogen-bond acceptors (Lipinski definition) is 3. The van der Waals surface area contributed by atoms with Crippen LogP contribution in [0.25, 0.3) is 0 Å². The Labute approximate surface area is 164 Å². The van der Waals surface area contributed by atoms with Gasteiger partial charge in [-0.3, -0.25) is 4.79 Å². The summed E-state index contributed by atoms with van der Waals surface area (Å²) in [5.41, 5.74) is 2.83. The van der Waals surface area contributed by atoms with Crippen LogP contribution in [0.1, 0.15) is 69.9 Å². The molecule has 4 nitrogen and oxygen atoms in total. The molecule has 1 aliphatic carbocycles. The monoisotopic (exact) mass is 372 g/mol. The Hall–Kier alpha value is -1.55. The Bertz CT molecular complexity index is 616. The number of benzene rings is 1. The first-order chi connectivity index (χ1) is 13.2. The zero-order valence-electron chi connectivity index (χ0n) is 17.1. The van der Waals surface area contributed by atoms with Gasteiger partial charge in [-0.1, -0.05) is 19.4 Å². The molecule has 3 rings (SSSR count). The van der Waals surface area contributed by atoms with Gasteiger partial charge in [0.2, 0.25) is 0 Å². The summed E-state index contributed by atoms with van der Waals surface area (Å²) in [5.74, 6) is 0.802. The molecule has 2 aliphatic rings. The van der Waals surface area contributed by atoms with Gasteiger partial charge in [0.1, 0.15) is 5.75 Å². The standard InChI is InChI=1S/C23H36N2O2/c1-3-21-11-6-7-15-25(21)16-8-14-24-23(26)18(2)27-22-13-12-19-9-4-5-10-20(19)17-22/h12-13,17-18,21H,3-11,14-16H2,1-2H3,(H,24,26)/t18-,21-/m1/s1. The maximum Gasteiger partial charge on any atom is 0.260 e. The number of nitrogens with one attached hydrogen (secondary N) is 1. The number of carbonyl (C=O) groups excluding carboxylic acids is 1. The van der Waals surface area contributed by atoms with E-state index in [2.05, 4.69) is 29.3 Å². The molecule has 1 heterocycles. The van der Waals surface area contributed by atoms with E-state index in [0.717, 1.165) is 37.7 Å². The molecule has 0 aromatic heterocycles. The molecule has 1 aliphatic heterocycles. The SMILES string of the molecule is CC[C@@H]1CCCCN1CCCNC(=O)[C@@H](C)Oc1ccc2c(c1)CCCC2. The van der Waals surface area contributed by atoms with Crippen LogP contribution in [-0.4, -0.2) is 42.6 Å². The van der Waals surface area contributed by atoms with Gasteiger partial charge >= 0.3 is 0 Å². The fraction of sp³-hybridized carbons (Fsp3) is 0.696. The number of likely N-dealkylation sites (tertiary alicyclic amines) is 1. The third-order valence-corrected chi connectivity index (χ3v) is 6.14. The summed E-state index contributed by atoms with van der Waals surface area (Å²) < 4.78 is 5.90.